The van der Waals surface area contributed by atoms with E-state index in [0.717, 1.165) is 0 Å². The summed E-state index contributed by atoms with van der Waals surface area (Å²) in [5.74, 6) is 0.713. The minimum absolute atomic E-state index is 0.255. The molecule has 1 unspecified atom stereocenters. The van der Waals surface area contributed by atoms with E-state index < -0.39 is 11.2 Å². The summed E-state index contributed by atoms with van der Waals surface area (Å²) in [6.07, 6.45) is 1.55. The summed E-state index contributed by atoms with van der Waals surface area (Å²) in [5.41, 5.74) is -0.255. The number of rotatable bonds is 3. The number of methoxy groups -OCH3 is 1. The third-order valence-electron chi connectivity index (χ3n) is 3.12. The topological polar surface area (TPSA) is 78.0 Å². The Morgan fingerprint density at radius 1 is 1.14 bits per heavy atom. The standard InChI is InChI=1S/C15H12N2O3S/c1-20-11-2-4-12(5-3-11)21(19)13-6-7-14-10(8-13)9-16-17-15(14)18/h2-9H,1H3,(H,17,18). The van der Waals surface area contributed by atoms with Gasteiger partial charge in [-0.25, -0.2) is 5.10 Å². The van der Waals surface area contributed by atoms with Gasteiger partial charge in [-0.05, 0) is 36.4 Å². The van der Waals surface area contributed by atoms with Crippen molar-refractivity contribution in [2.24, 2.45) is 0 Å². The zero-order valence-corrected chi connectivity index (χ0v) is 12.0. The molecular formula is C15H12N2O3S. The maximum Gasteiger partial charge on any atom is 0.272 e. The highest BCUT2D eigenvalue weighted by Gasteiger charge is 2.16. The van der Waals surface area contributed by atoms with Crippen molar-refractivity contribution < 1.29 is 9.29 Å². The molecule has 1 aromatic heterocycles. The Morgan fingerprint density at radius 2 is 1.86 bits per heavy atom. The maximum absolute atomic E-state index is 12.5. The van der Waals surface area contributed by atoms with Crippen LogP contribution in [0.5, 0.6) is 5.75 Å². The third-order valence-corrected chi connectivity index (χ3v) is 4.51. The SMILES string of the molecule is COc1ccc([S+]([O-])c2ccc3c(=O)[nH]ncc3c2)cc1. The van der Waals surface area contributed by atoms with Crippen LogP contribution in [-0.4, -0.2) is 21.9 Å². The van der Waals surface area contributed by atoms with Crippen LogP contribution in [0.15, 0.2) is 63.2 Å². The fraction of sp³-hybridized carbons (Fsp3) is 0.0667. The number of H-pyrrole nitrogens is 1. The first kappa shape index (κ1) is 13.7. The monoisotopic (exact) mass is 300 g/mol. The second-order valence-electron chi connectivity index (χ2n) is 4.39. The van der Waals surface area contributed by atoms with Gasteiger partial charge in [0, 0.05) is 22.6 Å². The van der Waals surface area contributed by atoms with E-state index in [0.29, 0.717) is 26.3 Å². The number of aromatic nitrogens is 2. The lowest BCUT2D eigenvalue weighted by Crippen LogP contribution is -2.08. The van der Waals surface area contributed by atoms with Crippen LogP contribution in [0.4, 0.5) is 0 Å². The summed E-state index contributed by atoms with van der Waals surface area (Å²) in [6.45, 7) is 0. The van der Waals surface area contributed by atoms with Crippen LogP contribution in [0, 0.1) is 0 Å². The first-order chi connectivity index (χ1) is 10.2. The minimum atomic E-state index is -1.32. The van der Waals surface area contributed by atoms with E-state index in [1.165, 1.54) is 0 Å². The van der Waals surface area contributed by atoms with Crippen molar-refractivity contribution in [2.45, 2.75) is 9.79 Å². The van der Waals surface area contributed by atoms with Gasteiger partial charge in [-0.1, -0.05) is 0 Å². The highest BCUT2D eigenvalue weighted by molar-refractivity contribution is 7.91. The van der Waals surface area contributed by atoms with Crippen LogP contribution in [0.1, 0.15) is 0 Å². The maximum atomic E-state index is 12.5. The Bertz CT molecular complexity index is 830. The average molecular weight is 300 g/mol. The molecule has 106 valence electrons. The summed E-state index contributed by atoms with van der Waals surface area (Å²) >= 11 is -1.32. The van der Waals surface area contributed by atoms with Gasteiger partial charge < -0.3 is 9.29 Å². The van der Waals surface area contributed by atoms with Crippen LogP contribution in [0.25, 0.3) is 10.8 Å². The van der Waals surface area contributed by atoms with E-state index in [2.05, 4.69) is 10.2 Å². The van der Waals surface area contributed by atoms with Gasteiger partial charge in [-0.3, -0.25) is 4.79 Å². The van der Waals surface area contributed by atoms with Gasteiger partial charge >= 0.3 is 0 Å². The number of hydrogen-bond donors (Lipinski definition) is 1. The molecule has 0 aliphatic heterocycles. The van der Waals surface area contributed by atoms with Crippen molar-refractivity contribution >= 4 is 21.9 Å². The van der Waals surface area contributed by atoms with Gasteiger partial charge in [0.05, 0.1) is 18.7 Å². The molecule has 5 nitrogen and oxygen atoms in total. The molecule has 2 aromatic carbocycles. The molecule has 0 aliphatic carbocycles. The van der Waals surface area contributed by atoms with Crippen molar-refractivity contribution in [3.63, 3.8) is 0 Å². The number of nitrogens with one attached hydrogen (secondary N) is 1. The number of aromatic amines is 1. The Kier molecular flexibility index (Phi) is 3.64. The van der Waals surface area contributed by atoms with Crippen molar-refractivity contribution in [2.75, 3.05) is 7.11 Å². The van der Waals surface area contributed by atoms with Crippen molar-refractivity contribution in [3.8, 4) is 5.75 Å². The molecule has 0 amide bonds. The lowest BCUT2D eigenvalue weighted by Gasteiger charge is -2.10. The number of hydrogen-bond acceptors (Lipinski definition) is 4. The first-order valence-corrected chi connectivity index (χ1v) is 7.37. The molecule has 0 spiro atoms. The Labute approximate surface area is 123 Å². The predicted molar refractivity (Wildman–Crippen MR) is 80.0 cm³/mol. The van der Waals surface area contributed by atoms with E-state index in [1.807, 2.05) is 0 Å². The smallest absolute Gasteiger partial charge is 0.272 e. The van der Waals surface area contributed by atoms with Gasteiger partial charge in [-0.2, -0.15) is 5.10 Å². The van der Waals surface area contributed by atoms with Crippen LogP contribution in [0.2, 0.25) is 0 Å². The van der Waals surface area contributed by atoms with E-state index in [4.69, 9.17) is 4.74 Å². The summed E-state index contributed by atoms with van der Waals surface area (Å²) in [5, 5.41) is 7.32. The van der Waals surface area contributed by atoms with Crippen molar-refractivity contribution in [3.05, 3.63) is 59.0 Å². The van der Waals surface area contributed by atoms with Gasteiger partial charge in [-0.15, -0.1) is 0 Å². The summed E-state index contributed by atoms with van der Waals surface area (Å²) in [7, 11) is 1.58. The lowest BCUT2D eigenvalue weighted by molar-refractivity contribution is 0.414. The van der Waals surface area contributed by atoms with Gasteiger partial charge in [0.2, 0.25) is 0 Å². The number of ether oxygens (including phenoxy) is 1. The number of benzene rings is 2. The summed E-state index contributed by atoms with van der Waals surface area (Å²) < 4.78 is 17.6. The normalized spacial score (nSPS) is 12.3. The van der Waals surface area contributed by atoms with Gasteiger partial charge in [0.1, 0.15) is 5.75 Å². The molecule has 0 fully saturated rings. The molecule has 3 aromatic rings. The quantitative estimate of drug-likeness (QED) is 0.751. The van der Waals surface area contributed by atoms with Gasteiger partial charge in [0.25, 0.3) is 5.56 Å². The molecule has 0 aliphatic rings. The van der Waals surface area contributed by atoms with Crippen LogP contribution in [0.3, 0.4) is 0 Å². The molecule has 1 heterocycles. The largest absolute Gasteiger partial charge is 0.606 e. The molecule has 21 heavy (non-hydrogen) atoms. The van der Waals surface area contributed by atoms with Crippen molar-refractivity contribution in [1.82, 2.24) is 10.2 Å². The molecule has 3 rings (SSSR count). The third kappa shape index (κ3) is 2.63. The second-order valence-corrected chi connectivity index (χ2v) is 5.87. The Morgan fingerprint density at radius 3 is 2.57 bits per heavy atom. The first-order valence-electron chi connectivity index (χ1n) is 6.22. The molecule has 0 radical (unpaired) electrons. The van der Waals surface area contributed by atoms with E-state index in [1.54, 1.807) is 55.8 Å². The average Bonchev–Trinajstić information content (AvgIpc) is 2.54. The molecular weight excluding hydrogens is 288 g/mol. The van der Waals surface area contributed by atoms with Crippen molar-refractivity contribution in [1.29, 1.82) is 0 Å². The number of nitrogens with zero attached hydrogens (tertiary/aromatic N) is 1. The van der Waals surface area contributed by atoms with E-state index >= 15 is 0 Å². The highest BCUT2D eigenvalue weighted by atomic mass is 32.2. The molecule has 0 saturated carbocycles. The van der Waals surface area contributed by atoms with Gasteiger partial charge in [0.15, 0.2) is 9.79 Å². The lowest BCUT2D eigenvalue weighted by atomic mass is 10.2. The molecule has 1 N–H and O–H groups in total. The molecule has 1 atom stereocenters. The summed E-state index contributed by atoms with van der Waals surface area (Å²) in [6, 6.07) is 12.1. The zero-order chi connectivity index (χ0) is 14.8. The zero-order valence-electron chi connectivity index (χ0n) is 11.2. The highest BCUT2D eigenvalue weighted by Crippen LogP contribution is 2.24. The van der Waals surface area contributed by atoms with Crippen LogP contribution >= 0.6 is 0 Å². The Balaban J connectivity index is 2.00. The fourth-order valence-corrected chi connectivity index (χ4v) is 3.11. The van der Waals surface area contributed by atoms with Crippen LogP contribution in [-0.2, 0) is 11.2 Å². The predicted octanol–water partition coefficient (Wildman–Crippen LogP) is 2.10. The van der Waals surface area contributed by atoms with Crippen LogP contribution < -0.4 is 10.3 Å². The Hall–Kier alpha value is -2.31. The molecule has 0 bridgehead atoms. The minimum Gasteiger partial charge on any atom is -0.606 e. The number of fused-ring (bicyclic) bond motifs is 1. The summed E-state index contributed by atoms with van der Waals surface area (Å²) in [4.78, 5) is 12.9. The van der Waals surface area contributed by atoms with E-state index in [-0.39, 0.29) is 5.56 Å². The molecule has 0 saturated heterocycles. The van der Waals surface area contributed by atoms with E-state index in [9.17, 15) is 9.35 Å². The second kappa shape index (κ2) is 5.59. The fourth-order valence-electron chi connectivity index (χ4n) is 2.03. The molecule has 6 heteroatoms.